The summed E-state index contributed by atoms with van der Waals surface area (Å²) in [4.78, 5) is 4.87. The Kier molecular flexibility index (Phi) is 6.30. The summed E-state index contributed by atoms with van der Waals surface area (Å²) in [6.45, 7) is 7.04. The Morgan fingerprint density at radius 1 is 0.867 bits per heavy atom. The van der Waals surface area contributed by atoms with Crippen LogP contribution in [0.1, 0.15) is 24.4 Å². The normalized spacial score (nSPS) is 16.4. The van der Waals surface area contributed by atoms with E-state index < -0.39 is 0 Å². The number of hydrogen-bond donors (Lipinski definition) is 0. The zero-order chi connectivity index (χ0) is 20.9. The average Bonchev–Trinajstić information content (AvgIpc) is 3.30. The van der Waals surface area contributed by atoms with E-state index in [4.69, 9.17) is 13.9 Å². The second-order valence-corrected chi connectivity index (χ2v) is 7.51. The molecule has 0 saturated carbocycles. The molecule has 1 aliphatic rings. The number of piperazine rings is 1. The molecular weight excluding hydrogens is 380 g/mol. The molecular formula is C23H28N4O3. The van der Waals surface area contributed by atoms with Crippen LogP contribution in [0.25, 0.3) is 11.5 Å². The van der Waals surface area contributed by atoms with E-state index in [2.05, 4.69) is 39.1 Å². The molecule has 0 amide bonds. The second kappa shape index (κ2) is 9.28. The smallest absolute Gasteiger partial charge is 0.247 e. The maximum absolute atomic E-state index is 5.97. The van der Waals surface area contributed by atoms with Crippen molar-refractivity contribution in [3.05, 3.63) is 60.0 Å². The Bertz CT molecular complexity index is 932. The van der Waals surface area contributed by atoms with Crippen molar-refractivity contribution in [1.82, 2.24) is 20.0 Å². The van der Waals surface area contributed by atoms with Crippen LogP contribution in [0, 0.1) is 0 Å². The summed E-state index contributed by atoms with van der Waals surface area (Å²) < 4.78 is 16.4. The van der Waals surface area contributed by atoms with Gasteiger partial charge in [0, 0.05) is 38.3 Å². The molecule has 158 valence electrons. The fourth-order valence-corrected chi connectivity index (χ4v) is 3.71. The van der Waals surface area contributed by atoms with Crippen molar-refractivity contribution in [2.75, 3.05) is 40.4 Å². The molecule has 3 aromatic rings. The Hall–Kier alpha value is -2.90. The number of ether oxygens (including phenoxy) is 2. The molecule has 1 saturated heterocycles. The molecule has 0 spiro atoms. The largest absolute Gasteiger partial charge is 0.497 e. The van der Waals surface area contributed by atoms with E-state index in [1.165, 1.54) is 5.56 Å². The van der Waals surface area contributed by atoms with Gasteiger partial charge in [-0.2, -0.15) is 0 Å². The highest BCUT2D eigenvalue weighted by Gasteiger charge is 2.26. The first-order valence-corrected chi connectivity index (χ1v) is 10.2. The average molecular weight is 409 g/mol. The summed E-state index contributed by atoms with van der Waals surface area (Å²) in [6, 6.07) is 16.0. The van der Waals surface area contributed by atoms with Crippen molar-refractivity contribution in [1.29, 1.82) is 0 Å². The molecule has 30 heavy (non-hydrogen) atoms. The van der Waals surface area contributed by atoms with Crippen LogP contribution < -0.4 is 9.47 Å². The molecule has 7 nitrogen and oxygen atoms in total. The van der Waals surface area contributed by atoms with Crippen LogP contribution in [0.3, 0.4) is 0 Å². The van der Waals surface area contributed by atoms with Crippen LogP contribution in [0.4, 0.5) is 0 Å². The second-order valence-electron chi connectivity index (χ2n) is 7.51. The third-order valence-electron chi connectivity index (χ3n) is 5.65. The van der Waals surface area contributed by atoms with Crippen LogP contribution in [-0.2, 0) is 6.54 Å². The van der Waals surface area contributed by atoms with Gasteiger partial charge in [-0.15, -0.1) is 10.2 Å². The predicted octanol–water partition coefficient (Wildman–Crippen LogP) is 3.63. The zero-order valence-corrected chi connectivity index (χ0v) is 17.7. The molecule has 0 aliphatic carbocycles. The first-order chi connectivity index (χ1) is 14.7. The van der Waals surface area contributed by atoms with Gasteiger partial charge < -0.3 is 13.9 Å². The lowest BCUT2D eigenvalue weighted by Crippen LogP contribution is -2.46. The summed E-state index contributed by atoms with van der Waals surface area (Å²) in [7, 11) is 3.34. The monoisotopic (exact) mass is 408 g/mol. The quantitative estimate of drug-likeness (QED) is 0.591. The van der Waals surface area contributed by atoms with E-state index in [-0.39, 0.29) is 6.04 Å². The van der Waals surface area contributed by atoms with Crippen molar-refractivity contribution in [3.63, 3.8) is 0 Å². The third kappa shape index (κ3) is 4.63. The van der Waals surface area contributed by atoms with Gasteiger partial charge in [0.1, 0.15) is 11.5 Å². The molecule has 7 heteroatoms. The molecule has 2 aromatic carbocycles. The number of methoxy groups -OCH3 is 2. The van der Waals surface area contributed by atoms with Gasteiger partial charge >= 0.3 is 0 Å². The fraction of sp³-hybridized carbons (Fsp3) is 0.391. The van der Waals surface area contributed by atoms with Gasteiger partial charge in [0.25, 0.3) is 0 Å². The zero-order valence-electron chi connectivity index (χ0n) is 17.7. The summed E-state index contributed by atoms with van der Waals surface area (Å²) in [5.41, 5.74) is 2.20. The highest BCUT2D eigenvalue weighted by Crippen LogP contribution is 2.26. The Labute approximate surface area is 177 Å². The standard InChI is InChI=1S/C23H28N4O3/c1-17(22-24-25-23(30-22)19-6-10-21(29-3)11-7-19)27-14-12-26(13-15-27)16-18-4-8-20(28-2)9-5-18/h4-11,17H,12-16H2,1-3H3/t17-/m1/s1. The van der Waals surface area contributed by atoms with Crippen LogP contribution in [0.5, 0.6) is 11.5 Å². The number of rotatable bonds is 7. The number of aromatic nitrogens is 2. The Morgan fingerprint density at radius 2 is 1.47 bits per heavy atom. The van der Waals surface area contributed by atoms with E-state index in [1.54, 1.807) is 14.2 Å². The van der Waals surface area contributed by atoms with E-state index in [1.807, 2.05) is 36.4 Å². The van der Waals surface area contributed by atoms with Gasteiger partial charge in [-0.05, 0) is 48.9 Å². The molecule has 1 fully saturated rings. The van der Waals surface area contributed by atoms with E-state index >= 15 is 0 Å². The molecule has 4 rings (SSSR count). The van der Waals surface area contributed by atoms with E-state index in [0.29, 0.717) is 11.8 Å². The molecule has 0 radical (unpaired) electrons. The fourth-order valence-electron chi connectivity index (χ4n) is 3.71. The molecule has 2 heterocycles. The van der Waals surface area contributed by atoms with Gasteiger partial charge in [-0.25, -0.2) is 0 Å². The number of hydrogen-bond acceptors (Lipinski definition) is 7. The van der Waals surface area contributed by atoms with Crippen LogP contribution in [-0.4, -0.2) is 60.4 Å². The van der Waals surface area contributed by atoms with E-state index in [0.717, 1.165) is 49.8 Å². The lowest BCUT2D eigenvalue weighted by Gasteiger charge is -2.36. The minimum atomic E-state index is 0.0904. The highest BCUT2D eigenvalue weighted by molar-refractivity contribution is 5.53. The van der Waals surface area contributed by atoms with E-state index in [9.17, 15) is 0 Å². The lowest BCUT2D eigenvalue weighted by atomic mass is 10.1. The summed E-state index contributed by atoms with van der Waals surface area (Å²) >= 11 is 0. The summed E-state index contributed by atoms with van der Waals surface area (Å²) in [6.07, 6.45) is 0. The topological polar surface area (TPSA) is 63.9 Å². The van der Waals surface area contributed by atoms with Crippen LogP contribution in [0.2, 0.25) is 0 Å². The lowest BCUT2D eigenvalue weighted by molar-refractivity contribution is 0.0876. The molecule has 0 bridgehead atoms. The molecule has 1 aliphatic heterocycles. The van der Waals surface area contributed by atoms with Crippen molar-refractivity contribution < 1.29 is 13.9 Å². The highest BCUT2D eigenvalue weighted by atomic mass is 16.5. The predicted molar refractivity (Wildman–Crippen MR) is 115 cm³/mol. The van der Waals surface area contributed by atoms with Crippen molar-refractivity contribution in [3.8, 4) is 23.0 Å². The van der Waals surface area contributed by atoms with Crippen molar-refractivity contribution in [2.24, 2.45) is 0 Å². The van der Waals surface area contributed by atoms with Gasteiger partial charge in [0.05, 0.1) is 20.3 Å². The minimum Gasteiger partial charge on any atom is -0.497 e. The summed E-state index contributed by atoms with van der Waals surface area (Å²) in [5, 5.41) is 8.54. The Balaban J connectivity index is 1.32. The summed E-state index contributed by atoms with van der Waals surface area (Å²) in [5.74, 6) is 2.90. The first-order valence-electron chi connectivity index (χ1n) is 10.2. The van der Waals surface area contributed by atoms with Crippen LogP contribution >= 0.6 is 0 Å². The number of benzene rings is 2. The SMILES string of the molecule is COc1ccc(CN2CCN([C@H](C)c3nnc(-c4ccc(OC)cc4)o3)CC2)cc1. The molecule has 1 atom stereocenters. The van der Waals surface area contributed by atoms with Crippen molar-refractivity contribution >= 4 is 0 Å². The molecule has 0 N–H and O–H groups in total. The maximum atomic E-state index is 5.97. The third-order valence-corrected chi connectivity index (χ3v) is 5.65. The van der Waals surface area contributed by atoms with Crippen LogP contribution in [0.15, 0.2) is 52.9 Å². The number of nitrogens with zero attached hydrogens (tertiary/aromatic N) is 4. The minimum absolute atomic E-state index is 0.0904. The van der Waals surface area contributed by atoms with Gasteiger partial charge in [-0.3, -0.25) is 9.80 Å². The maximum Gasteiger partial charge on any atom is 0.247 e. The van der Waals surface area contributed by atoms with Gasteiger partial charge in [-0.1, -0.05) is 12.1 Å². The van der Waals surface area contributed by atoms with Crippen molar-refractivity contribution in [2.45, 2.75) is 19.5 Å². The van der Waals surface area contributed by atoms with Gasteiger partial charge in [0.2, 0.25) is 11.8 Å². The molecule has 0 unspecified atom stereocenters. The molecule has 1 aromatic heterocycles. The Morgan fingerprint density at radius 3 is 2.07 bits per heavy atom. The van der Waals surface area contributed by atoms with Gasteiger partial charge in [0.15, 0.2) is 0 Å². The first kappa shape index (κ1) is 20.4.